The smallest absolute Gasteiger partial charge is 0.331 e. The van der Waals surface area contributed by atoms with Crippen molar-refractivity contribution in [3.8, 4) is 0 Å². The van der Waals surface area contributed by atoms with E-state index in [1.807, 2.05) is 13.0 Å². The second-order valence-electron chi connectivity index (χ2n) is 3.24. The summed E-state index contributed by atoms with van der Waals surface area (Å²) in [7, 11) is 0. The molecule has 0 aliphatic heterocycles. The maximum atomic E-state index is 10.8. The molecular weight excluding hydrogens is 156 g/mol. The maximum absolute atomic E-state index is 10.8. The molecular formula is C8H10N2O2. The molecule has 1 aromatic heterocycles. The summed E-state index contributed by atoms with van der Waals surface area (Å²) in [6.07, 6.45) is 3.13. The zero-order chi connectivity index (χ0) is 8.77. The minimum atomic E-state index is -0.773. The Labute approximate surface area is 69.8 Å². The average Bonchev–Trinajstić information content (AvgIpc) is 2.71. The lowest BCUT2D eigenvalue weighted by molar-refractivity contribution is -0.142. The van der Waals surface area contributed by atoms with Crippen molar-refractivity contribution in [3.05, 3.63) is 18.0 Å². The normalized spacial score (nSPS) is 19.1. The third-order valence-electron chi connectivity index (χ3n) is 2.28. The Morgan fingerprint density at radius 3 is 2.75 bits per heavy atom. The van der Waals surface area contributed by atoms with Crippen LogP contribution in [0, 0.1) is 6.92 Å². The molecule has 1 heterocycles. The van der Waals surface area contributed by atoms with Gasteiger partial charge in [0.15, 0.2) is 5.54 Å². The van der Waals surface area contributed by atoms with Crippen molar-refractivity contribution in [3.63, 3.8) is 0 Å². The van der Waals surface area contributed by atoms with Crippen molar-refractivity contribution in [1.82, 2.24) is 9.78 Å². The van der Waals surface area contributed by atoms with Gasteiger partial charge < -0.3 is 5.11 Å². The first-order valence-corrected chi connectivity index (χ1v) is 3.91. The summed E-state index contributed by atoms with van der Waals surface area (Å²) in [6, 6.07) is 1.82. The van der Waals surface area contributed by atoms with E-state index >= 15 is 0 Å². The number of aryl methyl sites for hydroxylation is 1. The summed E-state index contributed by atoms with van der Waals surface area (Å²) in [5, 5.41) is 13.0. The molecule has 1 fully saturated rings. The molecule has 0 saturated heterocycles. The molecule has 4 heteroatoms. The van der Waals surface area contributed by atoms with Gasteiger partial charge in [0.2, 0.25) is 0 Å². The summed E-state index contributed by atoms with van der Waals surface area (Å²) in [4.78, 5) is 10.8. The highest BCUT2D eigenvalue weighted by molar-refractivity contribution is 5.79. The van der Waals surface area contributed by atoms with E-state index in [0.717, 1.165) is 5.69 Å². The minimum absolute atomic E-state index is 0.698. The standard InChI is InChI=1S/C8H10N2O2/c1-6-2-5-10(9-6)8(3-4-8)7(11)12/h2,5H,3-4H2,1H3,(H,11,12). The molecule has 1 aliphatic carbocycles. The summed E-state index contributed by atoms with van der Waals surface area (Å²) < 4.78 is 1.56. The second kappa shape index (κ2) is 2.09. The Balaban J connectivity index is 2.36. The SMILES string of the molecule is Cc1ccn(C2(C(=O)O)CC2)n1. The summed E-state index contributed by atoms with van der Waals surface area (Å²) in [5.41, 5.74) is 0.149. The third-order valence-corrected chi connectivity index (χ3v) is 2.28. The zero-order valence-corrected chi connectivity index (χ0v) is 6.82. The van der Waals surface area contributed by atoms with Crippen LogP contribution in [0.2, 0.25) is 0 Å². The van der Waals surface area contributed by atoms with Gasteiger partial charge in [0.05, 0.1) is 5.69 Å². The molecule has 1 saturated carbocycles. The maximum Gasteiger partial charge on any atom is 0.331 e. The van der Waals surface area contributed by atoms with E-state index in [9.17, 15) is 4.79 Å². The first-order valence-electron chi connectivity index (χ1n) is 3.91. The molecule has 0 radical (unpaired) electrons. The predicted octanol–water partition coefficient (Wildman–Crippen LogP) is 0.765. The molecule has 0 aromatic carbocycles. The van der Waals surface area contributed by atoms with E-state index in [1.54, 1.807) is 10.9 Å². The molecule has 2 rings (SSSR count). The monoisotopic (exact) mass is 166 g/mol. The van der Waals surface area contributed by atoms with Gasteiger partial charge in [-0.05, 0) is 25.8 Å². The summed E-state index contributed by atoms with van der Waals surface area (Å²) >= 11 is 0. The van der Waals surface area contributed by atoms with Gasteiger partial charge in [-0.25, -0.2) is 4.79 Å². The van der Waals surface area contributed by atoms with Crippen LogP contribution in [-0.2, 0) is 10.3 Å². The first-order chi connectivity index (χ1) is 5.65. The average molecular weight is 166 g/mol. The lowest BCUT2D eigenvalue weighted by Gasteiger charge is -2.09. The molecule has 0 spiro atoms. The zero-order valence-electron chi connectivity index (χ0n) is 6.82. The van der Waals surface area contributed by atoms with Gasteiger partial charge in [-0.2, -0.15) is 5.10 Å². The third kappa shape index (κ3) is 0.841. The van der Waals surface area contributed by atoms with E-state index in [0.29, 0.717) is 12.8 Å². The van der Waals surface area contributed by atoms with Crippen LogP contribution in [0.1, 0.15) is 18.5 Å². The fraction of sp³-hybridized carbons (Fsp3) is 0.500. The van der Waals surface area contributed by atoms with Gasteiger partial charge >= 0.3 is 5.97 Å². The Morgan fingerprint density at radius 2 is 2.42 bits per heavy atom. The molecule has 0 bridgehead atoms. The minimum Gasteiger partial charge on any atom is -0.479 e. The molecule has 1 N–H and O–H groups in total. The van der Waals surface area contributed by atoms with Crippen LogP contribution < -0.4 is 0 Å². The number of aromatic nitrogens is 2. The van der Waals surface area contributed by atoms with Crippen LogP contribution in [0.3, 0.4) is 0 Å². The van der Waals surface area contributed by atoms with Crippen molar-refractivity contribution in [1.29, 1.82) is 0 Å². The van der Waals surface area contributed by atoms with Gasteiger partial charge in [-0.15, -0.1) is 0 Å². The van der Waals surface area contributed by atoms with Crippen molar-refractivity contribution in [2.45, 2.75) is 25.3 Å². The number of carboxylic acids is 1. The van der Waals surface area contributed by atoms with Crippen LogP contribution in [0.4, 0.5) is 0 Å². The van der Waals surface area contributed by atoms with Crippen LogP contribution in [0.15, 0.2) is 12.3 Å². The van der Waals surface area contributed by atoms with Crippen LogP contribution in [0.25, 0.3) is 0 Å². The number of hydrogen-bond donors (Lipinski definition) is 1. The molecule has 0 atom stereocenters. The topological polar surface area (TPSA) is 55.1 Å². The van der Waals surface area contributed by atoms with E-state index in [2.05, 4.69) is 5.10 Å². The summed E-state index contributed by atoms with van der Waals surface area (Å²) in [6.45, 7) is 1.86. The molecule has 0 amide bonds. The van der Waals surface area contributed by atoms with Gasteiger partial charge in [0.1, 0.15) is 0 Å². The van der Waals surface area contributed by atoms with Crippen molar-refractivity contribution in [2.75, 3.05) is 0 Å². The number of carbonyl (C=O) groups is 1. The lowest BCUT2D eigenvalue weighted by Crippen LogP contribution is -2.27. The number of rotatable bonds is 2. The van der Waals surface area contributed by atoms with Crippen molar-refractivity contribution >= 4 is 5.97 Å². The van der Waals surface area contributed by atoms with Gasteiger partial charge in [0, 0.05) is 6.20 Å². The number of nitrogens with zero attached hydrogens (tertiary/aromatic N) is 2. The van der Waals surface area contributed by atoms with E-state index < -0.39 is 11.5 Å². The quantitative estimate of drug-likeness (QED) is 0.705. The number of carboxylic acid groups (broad SMARTS) is 1. The second-order valence-corrected chi connectivity index (χ2v) is 3.24. The Morgan fingerprint density at radius 1 is 1.75 bits per heavy atom. The highest BCUT2D eigenvalue weighted by atomic mass is 16.4. The Bertz CT molecular complexity index is 326. The largest absolute Gasteiger partial charge is 0.479 e. The van der Waals surface area contributed by atoms with Crippen LogP contribution in [-0.4, -0.2) is 20.9 Å². The van der Waals surface area contributed by atoms with Crippen LogP contribution in [0.5, 0.6) is 0 Å². The van der Waals surface area contributed by atoms with Crippen LogP contribution >= 0.6 is 0 Å². The van der Waals surface area contributed by atoms with Gasteiger partial charge in [-0.3, -0.25) is 4.68 Å². The summed E-state index contributed by atoms with van der Waals surface area (Å²) in [5.74, 6) is -0.773. The Hall–Kier alpha value is -1.32. The van der Waals surface area contributed by atoms with Gasteiger partial charge in [0.25, 0.3) is 0 Å². The number of aliphatic carboxylic acids is 1. The number of hydrogen-bond acceptors (Lipinski definition) is 2. The fourth-order valence-corrected chi connectivity index (χ4v) is 1.31. The van der Waals surface area contributed by atoms with Gasteiger partial charge in [-0.1, -0.05) is 0 Å². The Kier molecular flexibility index (Phi) is 1.28. The molecule has 12 heavy (non-hydrogen) atoms. The molecule has 0 unspecified atom stereocenters. The van der Waals surface area contributed by atoms with E-state index in [1.165, 1.54) is 0 Å². The van der Waals surface area contributed by atoms with E-state index in [-0.39, 0.29) is 0 Å². The lowest BCUT2D eigenvalue weighted by atomic mass is 10.3. The first kappa shape index (κ1) is 7.34. The highest BCUT2D eigenvalue weighted by Gasteiger charge is 2.53. The molecule has 1 aliphatic rings. The highest BCUT2D eigenvalue weighted by Crippen LogP contribution is 2.43. The molecule has 1 aromatic rings. The molecule has 4 nitrogen and oxygen atoms in total. The van der Waals surface area contributed by atoms with E-state index in [4.69, 9.17) is 5.11 Å². The van der Waals surface area contributed by atoms with Crippen molar-refractivity contribution < 1.29 is 9.90 Å². The molecule has 64 valence electrons. The predicted molar refractivity (Wildman–Crippen MR) is 41.8 cm³/mol. The van der Waals surface area contributed by atoms with Crippen molar-refractivity contribution in [2.24, 2.45) is 0 Å². The fourth-order valence-electron chi connectivity index (χ4n) is 1.31.